The number of H-pyrrole nitrogens is 1. The molecule has 3 aromatic rings. The van der Waals surface area contributed by atoms with Crippen LogP contribution >= 0.6 is 0 Å². The van der Waals surface area contributed by atoms with Crippen LogP contribution in [0.2, 0.25) is 0 Å². The summed E-state index contributed by atoms with van der Waals surface area (Å²) in [7, 11) is 5.60. The van der Waals surface area contributed by atoms with Gasteiger partial charge in [0.25, 0.3) is 11.1 Å². The number of aromatic amines is 1. The van der Waals surface area contributed by atoms with Gasteiger partial charge in [-0.05, 0) is 29.8 Å². The van der Waals surface area contributed by atoms with E-state index in [-0.39, 0.29) is 23.6 Å². The van der Waals surface area contributed by atoms with Crippen LogP contribution in [-0.2, 0) is 17.9 Å². The second kappa shape index (κ2) is 7.49. The van der Waals surface area contributed by atoms with Crippen molar-refractivity contribution in [2.45, 2.75) is 13.1 Å². The van der Waals surface area contributed by atoms with Gasteiger partial charge in [-0.25, -0.2) is 4.68 Å². The molecule has 3 rings (SSSR count). The average molecular weight is 366 g/mol. The molecule has 1 amide bonds. The van der Waals surface area contributed by atoms with E-state index in [0.717, 1.165) is 15.9 Å². The summed E-state index contributed by atoms with van der Waals surface area (Å²) >= 11 is 0. The van der Waals surface area contributed by atoms with Crippen molar-refractivity contribution < 1.29 is 4.79 Å². The number of anilines is 1. The number of nitrogens with zero attached hydrogens (tertiary/aromatic N) is 3. The van der Waals surface area contributed by atoms with Crippen LogP contribution in [0.5, 0.6) is 0 Å². The molecule has 0 aliphatic carbocycles. The first kappa shape index (κ1) is 18.4. The number of hydrogen-bond acceptors (Lipinski definition) is 4. The molecule has 0 saturated carbocycles. The van der Waals surface area contributed by atoms with Crippen LogP contribution in [-0.4, -0.2) is 41.7 Å². The van der Waals surface area contributed by atoms with Gasteiger partial charge in [0.1, 0.15) is 6.54 Å². The van der Waals surface area contributed by atoms with E-state index in [9.17, 15) is 14.4 Å². The molecule has 7 heteroatoms. The van der Waals surface area contributed by atoms with E-state index in [4.69, 9.17) is 0 Å². The Morgan fingerprint density at radius 1 is 0.963 bits per heavy atom. The lowest BCUT2D eigenvalue weighted by molar-refractivity contribution is -0.131. The Hall–Kier alpha value is -3.35. The first-order valence-electron chi connectivity index (χ1n) is 8.59. The monoisotopic (exact) mass is 366 g/mol. The molecule has 0 fully saturated rings. The highest BCUT2D eigenvalue weighted by molar-refractivity contribution is 5.81. The number of benzene rings is 2. The van der Waals surface area contributed by atoms with Gasteiger partial charge in [0, 0.05) is 33.4 Å². The number of nitrogens with one attached hydrogen (secondary N) is 1. The maximum absolute atomic E-state index is 12.5. The van der Waals surface area contributed by atoms with E-state index >= 15 is 0 Å². The van der Waals surface area contributed by atoms with Crippen LogP contribution in [0, 0.1) is 0 Å². The van der Waals surface area contributed by atoms with Gasteiger partial charge in [-0.3, -0.25) is 19.5 Å². The minimum absolute atomic E-state index is 0.217. The van der Waals surface area contributed by atoms with Crippen molar-refractivity contribution in [3.05, 3.63) is 74.8 Å². The second-order valence-corrected chi connectivity index (χ2v) is 6.69. The first-order chi connectivity index (χ1) is 12.9. The van der Waals surface area contributed by atoms with Crippen molar-refractivity contribution in [3.8, 4) is 0 Å². The zero-order valence-corrected chi connectivity index (χ0v) is 15.6. The zero-order chi connectivity index (χ0) is 19.6. The fourth-order valence-corrected chi connectivity index (χ4v) is 2.88. The van der Waals surface area contributed by atoms with Crippen molar-refractivity contribution in [1.29, 1.82) is 0 Å². The third kappa shape index (κ3) is 3.92. The minimum atomic E-state index is -0.389. The highest BCUT2D eigenvalue weighted by Crippen LogP contribution is 2.13. The Kier molecular flexibility index (Phi) is 5.12. The molecule has 2 aromatic carbocycles. The number of rotatable bonds is 5. The molecule has 0 atom stereocenters. The normalized spacial score (nSPS) is 10.8. The molecule has 0 bridgehead atoms. The quantitative estimate of drug-likeness (QED) is 0.741. The first-order valence-corrected chi connectivity index (χ1v) is 8.59. The second-order valence-electron chi connectivity index (χ2n) is 6.69. The molecule has 1 heterocycles. The van der Waals surface area contributed by atoms with Gasteiger partial charge in [0.15, 0.2) is 0 Å². The Balaban J connectivity index is 1.77. The van der Waals surface area contributed by atoms with Crippen LogP contribution in [0.1, 0.15) is 5.56 Å². The van der Waals surface area contributed by atoms with E-state index in [1.165, 1.54) is 4.90 Å². The van der Waals surface area contributed by atoms with Gasteiger partial charge in [0.05, 0.1) is 10.8 Å². The van der Waals surface area contributed by atoms with Crippen molar-refractivity contribution in [1.82, 2.24) is 14.7 Å². The predicted octanol–water partition coefficient (Wildman–Crippen LogP) is 1.41. The number of carbonyl (C=O) groups is 1. The van der Waals surface area contributed by atoms with Crippen LogP contribution in [0.4, 0.5) is 5.69 Å². The lowest BCUT2D eigenvalue weighted by Crippen LogP contribution is -2.37. The van der Waals surface area contributed by atoms with E-state index in [1.807, 2.05) is 43.3 Å². The summed E-state index contributed by atoms with van der Waals surface area (Å²) in [6, 6.07) is 14.5. The molecule has 140 valence electrons. The lowest BCUT2D eigenvalue weighted by atomic mass is 10.2. The molecule has 1 aromatic heterocycles. The Bertz CT molecular complexity index is 1080. The molecule has 0 aliphatic heterocycles. The van der Waals surface area contributed by atoms with Gasteiger partial charge in [-0.15, -0.1) is 0 Å². The smallest absolute Gasteiger partial charge is 0.273 e. The van der Waals surface area contributed by atoms with Crippen LogP contribution < -0.4 is 16.0 Å². The van der Waals surface area contributed by atoms with Gasteiger partial charge in [-0.2, -0.15) is 0 Å². The van der Waals surface area contributed by atoms with E-state index in [0.29, 0.717) is 17.3 Å². The summed E-state index contributed by atoms with van der Waals surface area (Å²) < 4.78 is 1.07. The molecular formula is C20H22N4O3. The summed E-state index contributed by atoms with van der Waals surface area (Å²) in [6.45, 7) is 0.199. The van der Waals surface area contributed by atoms with Crippen molar-refractivity contribution >= 4 is 22.4 Å². The van der Waals surface area contributed by atoms with Crippen molar-refractivity contribution in [3.63, 3.8) is 0 Å². The highest BCUT2D eigenvalue weighted by atomic mass is 16.2. The summed E-state index contributed by atoms with van der Waals surface area (Å²) in [6.07, 6.45) is 0. The molecule has 0 saturated heterocycles. The number of fused-ring (bicyclic) bond motifs is 1. The third-order valence-corrected chi connectivity index (χ3v) is 4.48. The Morgan fingerprint density at radius 3 is 2.22 bits per heavy atom. The average Bonchev–Trinajstić information content (AvgIpc) is 2.66. The third-order valence-electron chi connectivity index (χ3n) is 4.48. The topological polar surface area (TPSA) is 78.4 Å². The maximum Gasteiger partial charge on any atom is 0.273 e. The highest BCUT2D eigenvalue weighted by Gasteiger charge is 2.14. The fraction of sp³-hybridized carbons (Fsp3) is 0.250. The maximum atomic E-state index is 12.5. The molecular weight excluding hydrogens is 344 g/mol. The Labute approximate surface area is 156 Å². The van der Waals surface area contributed by atoms with Crippen molar-refractivity contribution in [2.75, 3.05) is 26.0 Å². The van der Waals surface area contributed by atoms with Gasteiger partial charge in [-0.1, -0.05) is 24.3 Å². The minimum Gasteiger partial charge on any atom is -0.378 e. The summed E-state index contributed by atoms with van der Waals surface area (Å²) in [5, 5.41) is 3.11. The molecule has 0 spiro atoms. The summed E-state index contributed by atoms with van der Waals surface area (Å²) in [4.78, 5) is 40.7. The Morgan fingerprint density at radius 2 is 1.59 bits per heavy atom. The number of amides is 1. The SMILES string of the molecule is CN(Cc1ccc(N(C)C)cc1)C(=O)Cn1[nH]c(=O)c2ccccc2c1=O. The number of carbonyl (C=O) groups excluding carboxylic acids is 1. The van der Waals surface area contributed by atoms with Gasteiger partial charge < -0.3 is 9.80 Å². The molecule has 0 aliphatic rings. The molecule has 0 unspecified atom stereocenters. The van der Waals surface area contributed by atoms with E-state index in [2.05, 4.69) is 5.10 Å². The zero-order valence-electron chi connectivity index (χ0n) is 15.6. The standard InChI is InChI=1S/C20H22N4O3/c1-22(2)15-10-8-14(9-11-15)12-23(3)18(25)13-24-20(27)17-7-5-4-6-16(17)19(26)21-24/h4-11H,12-13H2,1-3H3,(H,21,26). The number of hydrogen-bond donors (Lipinski definition) is 1. The lowest BCUT2D eigenvalue weighted by Gasteiger charge is -2.19. The largest absolute Gasteiger partial charge is 0.378 e. The number of aromatic nitrogens is 2. The van der Waals surface area contributed by atoms with E-state index in [1.54, 1.807) is 31.3 Å². The van der Waals surface area contributed by atoms with Crippen LogP contribution in [0.25, 0.3) is 10.8 Å². The molecule has 0 radical (unpaired) electrons. The molecule has 7 nitrogen and oxygen atoms in total. The summed E-state index contributed by atoms with van der Waals surface area (Å²) in [5.41, 5.74) is 1.28. The van der Waals surface area contributed by atoms with Crippen molar-refractivity contribution in [2.24, 2.45) is 0 Å². The van der Waals surface area contributed by atoms with Gasteiger partial charge >= 0.3 is 0 Å². The van der Waals surface area contributed by atoms with Crippen LogP contribution in [0.3, 0.4) is 0 Å². The van der Waals surface area contributed by atoms with Crippen LogP contribution in [0.15, 0.2) is 58.1 Å². The van der Waals surface area contributed by atoms with E-state index < -0.39 is 0 Å². The molecule has 27 heavy (non-hydrogen) atoms. The number of likely N-dealkylation sites (N-methyl/N-ethyl adjacent to an activating group) is 1. The summed E-state index contributed by atoms with van der Waals surface area (Å²) in [5.74, 6) is -0.264. The molecule has 1 N–H and O–H groups in total. The van der Waals surface area contributed by atoms with Gasteiger partial charge in [0.2, 0.25) is 5.91 Å². The predicted molar refractivity (Wildman–Crippen MR) is 106 cm³/mol. The fourth-order valence-electron chi connectivity index (χ4n) is 2.88.